The average molecular weight is 349 g/mol. The number of hydrogen-bond acceptors (Lipinski definition) is 2. The zero-order valence-corrected chi connectivity index (χ0v) is 12.8. The third kappa shape index (κ3) is 2.71. The summed E-state index contributed by atoms with van der Waals surface area (Å²) >= 11 is 3.12. The van der Waals surface area contributed by atoms with E-state index in [2.05, 4.69) is 21.2 Å². The summed E-state index contributed by atoms with van der Waals surface area (Å²) in [6.45, 7) is 0.662. The normalized spacial score (nSPS) is 15.3. The Kier molecular flexibility index (Phi) is 3.78. The lowest BCUT2D eigenvalue weighted by atomic mass is 9.93. The topological polar surface area (TPSA) is 55.1 Å². The Labute approximate surface area is 130 Å². The number of amides is 1. The smallest absolute Gasteiger partial charge is 0.251 e. The third-order valence-corrected chi connectivity index (χ3v) is 4.36. The molecule has 0 spiro atoms. The first-order valence-corrected chi connectivity index (χ1v) is 7.47. The van der Waals surface area contributed by atoms with E-state index in [1.165, 1.54) is 6.07 Å². The van der Waals surface area contributed by atoms with Crippen molar-refractivity contribution in [3.8, 4) is 0 Å². The van der Waals surface area contributed by atoms with Crippen LogP contribution < -0.4 is 11.1 Å². The maximum absolute atomic E-state index is 13.6. The van der Waals surface area contributed by atoms with E-state index in [0.29, 0.717) is 22.1 Å². The third-order valence-electron chi connectivity index (χ3n) is 3.72. The molecule has 1 aliphatic heterocycles. The zero-order chi connectivity index (χ0) is 15.0. The van der Waals surface area contributed by atoms with Gasteiger partial charge in [0.15, 0.2) is 0 Å². The van der Waals surface area contributed by atoms with Gasteiger partial charge in [-0.15, -0.1) is 0 Å². The molecule has 1 aliphatic rings. The molecule has 0 fully saturated rings. The van der Waals surface area contributed by atoms with Gasteiger partial charge in [-0.2, -0.15) is 0 Å². The van der Waals surface area contributed by atoms with E-state index < -0.39 is 6.04 Å². The molecule has 0 bridgehead atoms. The summed E-state index contributed by atoms with van der Waals surface area (Å²) in [5, 5.41) is 2.81. The van der Waals surface area contributed by atoms with Crippen molar-refractivity contribution >= 4 is 21.8 Å². The predicted molar refractivity (Wildman–Crippen MR) is 82.6 cm³/mol. The maximum Gasteiger partial charge on any atom is 0.251 e. The Morgan fingerprint density at radius 3 is 2.67 bits per heavy atom. The number of hydrogen-bond donors (Lipinski definition) is 2. The lowest BCUT2D eigenvalue weighted by Crippen LogP contribution is -2.32. The molecule has 3 N–H and O–H groups in total. The minimum Gasteiger partial charge on any atom is -0.352 e. The molecule has 1 amide bonds. The molecule has 1 heterocycles. The molecule has 0 aliphatic carbocycles. The first kappa shape index (κ1) is 14.2. The van der Waals surface area contributed by atoms with Gasteiger partial charge in [0.1, 0.15) is 5.82 Å². The van der Waals surface area contributed by atoms with E-state index in [1.807, 2.05) is 12.1 Å². The van der Waals surface area contributed by atoms with Gasteiger partial charge in [0, 0.05) is 12.1 Å². The van der Waals surface area contributed by atoms with Gasteiger partial charge in [0.25, 0.3) is 5.91 Å². The molecule has 0 saturated heterocycles. The molecule has 2 aromatic rings. The maximum atomic E-state index is 13.6. The second kappa shape index (κ2) is 5.58. The summed E-state index contributed by atoms with van der Waals surface area (Å²) in [4.78, 5) is 11.9. The van der Waals surface area contributed by atoms with E-state index in [9.17, 15) is 9.18 Å². The van der Waals surface area contributed by atoms with Crippen LogP contribution in [0.2, 0.25) is 0 Å². The quantitative estimate of drug-likeness (QED) is 0.876. The van der Waals surface area contributed by atoms with Crippen LogP contribution in [0.15, 0.2) is 40.9 Å². The Morgan fingerprint density at radius 1 is 1.19 bits per heavy atom. The number of benzene rings is 2. The van der Waals surface area contributed by atoms with Crippen LogP contribution in [0.4, 0.5) is 4.39 Å². The monoisotopic (exact) mass is 348 g/mol. The highest BCUT2D eigenvalue weighted by Crippen LogP contribution is 2.26. The second-order valence-corrected chi connectivity index (χ2v) is 5.93. The fourth-order valence-corrected chi connectivity index (χ4v) is 2.77. The van der Waals surface area contributed by atoms with Crippen LogP contribution in [0.25, 0.3) is 0 Å². The second-order valence-electron chi connectivity index (χ2n) is 5.07. The SMILES string of the molecule is NC(c1ccc(Br)c(F)c1)c1ccc2c(c1)C(=O)NCC2. The molecule has 1 atom stereocenters. The number of carbonyl (C=O) groups excluding carboxylic acids is 1. The lowest BCUT2D eigenvalue weighted by Gasteiger charge is -2.19. The zero-order valence-electron chi connectivity index (χ0n) is 11.2. The van der Waals surface area contributed by atoms with Crippen molar-refractivity contribution in [2.24, 2.45) is 5.73 Å². The van der Waals surface area contributed by atoms with Crippen molar-refractivity contribution in [3.63, 3.8) is 0 Å². The van der Waals surface area contributed by atoms with Crippen molar-refractivity contribution in [2.75, 3.05) is 6.54 Å². The first-order valence-electron chi connectivity index (χ1n) is 6.68. The molecule has 3 rings (SSSR count). The Balaban J connectivity index is 1.98. The first-order chi connectivity index (χ1) is 10.1. The molecule has 0 radical (unpaired) electrons. The number of nitrogens with two attached hydrogens (primary N) is 1. The molecule has 108 valence electrons. The van der Waals surface area contributed by atoms with Crippen molar-refractivity contribution < 1.29 is 9.18 Å². The highest BCUT2D eigenvalue weighted by molar-refractivity contribution is 9.10. The van der Waals surface area contributed by atoms with Crippen LogP contribution in [0, 0.1) is 5.82 Å². The van der Waals surface area contributed by atoms with Crippen molar-refractivity contribution in [3.05, 3.63) is 68.9 Å². The van der Waals surface area contributed by atoms with Crippen molar-refractivity contribution in [2.45, 2.75) is 12.5 Å². The molecule has 5 heteroatoms. The summed E-state index contributed by atoms with van der Waals surface area (Å²) in [6.07, 6.45) is 0.823. The number of fused-ring (bicyclic) bond motifs is 1. The minimum atomic E-state index is -0.465. The van der Waals surface area contributed by atoms with Gasteiger partial charge in [0.05, 0.1) is 10.5 Å². The van der Waals surface area contributed by atoms with E-state index in [-0.39, 0.29) is 11.7 Å². The lowest BCUT2D eigenvalue weighted by molar-refractivity contribution is 0.0946. The summed E-state index contributed by atoms with van der Waals surface area (Å²) in [5.74, 6) is -0.425. The summed E-state index contributed by atoms with van der Waals surface area (Å²) in [6, 6.07) is 9.99. The highest BCUT2D eigenvalue weighted by Gasteiger charge is 2.19. The van der Waals surface area contributed by atoms with E-state index >= 15 is 0 Å². The highest BCUT2D eigenvalue weighted by atomic mass is 79.9. The van der Waals surface area contributed by atoms with Crippen LogP contribution >= 0.6 is 15.9 Å². The standard InChI is InChI=1S/C16H14BrFN2O/c17-13-4-3-11(8-14(13)18)15(19)10-2-1-9-5-6-20-16(21)12(9)7-10/h1-4,7-8,15H,5-6,19H2,(H,20,21). The number of rotatable bonds is 2. The van der Waals surface area contributed by atoms with E-state index in [4.69, 9.17) is 5.73 Å². The number of halogens is 2. The van der Waals surface area contributed by atoms with Crippen molar-refractivity contribution in [1.82, 2.24) is 5.32 Å². The minimum absolute atomic E-state index is 0.0766. The van der Waals surface area contributed by atoms with Gasteiger partial charge in [-0.25, -0.2) is 4.39 Å². The van der Waals surface area contributed by atoms with Gasteiger partial charge in [-0.05, 0) is 57.2 Å². The van der Waals surface area contributed by atoms with E-state index in [1.54, 1.807) is 18.2 Å². The van der Waals surface area contributed by atoms with Crippen LogP contribution in [0.3, 0.4) is 0 Å². The fourth-order valence-electron chi connectivity index (χ4n) is 2.52. The molecule has 1 unspecified atom stereocenters. The van der Waals surface area contributed by atoms with E-state index in [0.717, 1.165) is 17.5 Å². The van der Waals surface area contributed by atoms with Crippen LogP contribution in [0.1, 0.15) is 33.1 Å². The number of nitrogens with one attached hydrogen (secondary N) is 1. The number of carbonyl (C=O) groups is 1. The molecule has 3 nitrogen and oxygen atoms in total. The van der Waals surface area contributed by atoms with Gasteiger partial charge in [-0.1, -0.05) is 18.2 Å². The van der Waals surface area contributed by atoms with Gasteiger partial charge >= 0.3 is 0 Å². The Morgan fingerprint density at radius 2 is 1.90 bits per heavy atom. The predicted octanol–water partition coefficient (Wildman–Crippen LogP) is 2.92. The molecular weight excluding hydrogens is 335 g/mol. The molecule has 2 aromatic carbocycles. The van der Waals surface area contributed by atoms with Crippen LogP contribution in [0.5, 0.6) is 0 Å². The van der Waals surface area contributed by atoms with Gasteiger partial charge in [-0.3, -0.25) is 4.79 Å². The van der Waals surface area contributed by atoms with Gasteiger partial charge < -0.3 is 11.1 Å². The fraction of sp³-hybridized carbons (Fsp3) is 0.188. The van der Waals surface area contributed by atoms with Crippen molar-refractivity contribution in [1.29, 1.82) is 0 Å². The Bertz CT molecular complexity index is 717. The molecular formula is C16H14BrFN2O. The Hall–Kier alpha value is -1.72. The summed E-state index contributed by atoms with van der Waals surface area (Å²) in [5.41, 5.74) is 9.36. The van der Waals surface area contributed by atoms with Crippen LogP contribution in [-0.4, -0.2) is 12.5 Å². The molecule has 21 heavy (non-hydrogen) atoms. The summed E-state index contributed by atoms with van der Waals surface area (Å²) in [7, 11) is 0. The summed E-state index contributed by atoms with van der Waals surface area (Å²) < 4.78 is 14.0. The molecule has 0 saturated carbocycles. The van der Waals surface area contributed by atoms with Crippen LogP contribution in [-0.2, 0) is 6.42 Å². The van der Waals surface area contributed by atoms with Gasteiger partial charge in [0.2, 0.25) is 0 Å². The average Bonchev–Trinajstić information content (AvgIpc) is 2.49. The largest absolute Gasteiger partial charge is 0.352 e. The molecule has 0 aromatic heterocycles.